The van der Waals surface area contributed by atoms with Crippen LogP contribution in [0.4, 0.5) is 0 Å². The molecule has 1 aliphatic carbocycles. The van der Waals surface area contributed by atoms with E-state index >= 15 is 0 Å². The zero-order valence-electron chi connectivity index (χ0n) is 31.4. The summed E-state index contributed by atoms with van der Waals surface area (Å²) in [5.74, 6) is 1.73. The van der Waals surface area contributed by atoms with E-state index in [1.54, 1.807) is 0 Å². The van der Waals surface area contributed by atoms with Gasteiger partial charge in [-0.3, -0.25) is 4.57 Å². The lowest BCUT2D eigenvalue weighted by Crippen LogP contribution is -2.14. The van der Waals surface area contributed by atoms with Crippen LogP contribution >= 0.6 is 0 Å². The molecule has 0 N–H and O–H groups in total. The first-order valence-electron chi connectivity index (χ1n) is 19.4. The number of nitrogens with zero attached hydrogens (tertiary/aromatic N) is 4. The third-order valence-corrected chi connectivity index (χ3v) is 12.0. The second-order valence-electron chi connectivity index (χ2n) is 15.6. The Balaban J connectivity index is 1.15. The Morgan fingerprint density at radius 3 is 1.98 bits per heavy atom. The Hall–Kier alpha value is -7.37. The minimum atomic E-state index is -0.130. The first kappa shape index (κ1) is 31.9. The van der Waals surface area contributed by atoms with Crippen molar-refractivity contribution in [2.24, 2.45) is 0 Å². The van der Waals surface area contributed by atoms with E-state index in [0.717, 1.165) is 71.4 Å². The maximum absolute atomic E-state index is 6.34. The fourth-order valence-corrected chi connectivity index (χ4v) is 9.24. The van der Waals surface area contributed by atoms with Crippen molar-refractivity contribution in [1.29, 1.82) is 0 Å². The van der Waals surface area contributed by atoms with Crippen LogP contribution in [-0.4, -0.2) is 19.5 Å². The van der Waals surface area contributed by atoms with Crippen LogP contribution in [0.2, 0.25) is 0 Å². The van der Waals surface area contributed by atoms with E-state index in [0.29, 0.717) is 17.6 Å². The van der Waals surface area contributed by atoms with Crippen LogP contribution in [0.15, 0.2) is 174 Å². The molecule has 3 aromatic heterocycles. The maximum Gasteiger partial charge on any atom is 0.238 e. The van der Waals surface area contributed by atoms with E-state index in [4.69, 9.17) is 19.4 Å². The highest BCUT2D eigenvalue weighted by atomic mass is 16.3. The normalized spacial score (nSPS) is 13.2. The molecule has 1 aliphatic rings. The highest BCUT2D eigenvalue weighted by molar-refractivity contribution is 6.17. The molecule has 5 nitrogen and oxygen atoms in total. The van der Waals surface area contributed by atoms with Crippen molar-refractivity contribution in [3.8, 4) is 51.0 Å². The molecule has 0 amide bonds. The zero-order valence-corrected chi connectivity index (χ0v) is 31.4. The molecule has 5 heteroatoms. The van der Waals surface area contributed by atoms with Gasteiger partial charge in [-0.15, -0.1) is 0 Å². The number of furan rings is 1. The van der Waals surface area contributed by atoms with Crippen molar-refractivity contribution in [3.63, 3.8) is 0 Å². The van der Waals surface area contributed by atoms with Crippen molar-refractivity contribution in [1.82, 2.24) is 19.5 Å². The SMILES string of the molecule is CC1(C)c2ccccc2-c2ccc(-c3cccc4c5cc6ccccc6cc5n(-c5nc(-c6ccccc6)nc(-c6ccc7c(c6)oc6ccccc67)n5)c34)cc21. The molecule has 0 radical (unpaired) electrons. The minimum Gasteiger partial charge on any atom is -0.456 e. The molecule has 0 fully saturated rings. The second-order valence-corrected chi connectivity index (χ2v) is 15.6. The average molecular weight is 731 g/mol. The third kappa shape index (κ3) is 4.72. The van der Waals surface area contributed by atoms with Crippen LogP contribution in [0.1, 0.15) is 25.0 Å². The molecule has 268 valence electrons. The second kappa shape index (κ2) is 11.8. The summed E-state index contributed by atoms with van der Waals surface area (Å²) in [7, 11) is 0. The minimum absolute atomic E-state index is 0.130. The lowest BCUT2D eigenvalue weighted by molar-refractivity contribution is 0.660. The van der Waals surface area contributed by atoms with Gasteiger partial charge in [-0.1, -0.05) is 147 Å². The topological polar surface area (TPSA) is 56.7 Å². The third-order valence-electron chi connectivity index (χ3n) is 12.0. The van der Waals surface area contributed by atoms with Crippen molar-refractivity contribution in [2.45, 2.75) is 19.3 Å². The predicted molar refractivity (Wildman–Crippen MR) is 233 cm³/mol. The van der Waals surface area contributed by atoms with Gasteiger partial charge in [0, 0.05) is 43.7 Å². The Morgan fingerprint density at radius 2 is 1.11 bits per heavy atom. The van der Waals surface area contributed by atoms with Crippen LogP contribution < -0.4 is 0 Å². The summed E-state index contributed by atoms with van der Waals surface area (Å²) < 4.78 is 8.60. The number of fused-ring (bicyclic) bond motifs is 10. The van der Waals surface area contributed by atoms with Gasteiger partial charge in [0.05, 0.1) is 11.0 Å². The summed E-state index contributed by atoms with van der Waals surface area (Å²) in [6.45, 7) is 4.68. The Morgan fingerprint density at radius 1 is 0.439 bits per heavy atom. The first-order chi connectivity index (χ1) is 28.0. The molecular formula is C52H34N4O. The fraction of sp³-hybridized carbons (Fsp3) is 0.0577. The summed E-state index contributed by atoms with van der Waals surface area (Å²) in [5.41, 5.74) is 13.0. The number of rotatable bonds is 4. The number of para-hydroxylation sites is 2. The van der Waals surface area contributed by atoms with E-state index in [1.165, 1.54) is 27.6 Å². The quantitative estimate of drug-likeness (QED) is 0.181. The average Bonchev–Trinajstić information content (AvgIpc) is 3.87. The van der Waals surface area contributed by atoms with E-state index in [9.17, 15) is 0 Å². The van der Waals surface area contributed by atoms with E-state index in [1.807, 2.05) is 36.4 Å². The summed E-state index contributed by atoms with van der Waals surface area (Å²) in [6.07, 6.45) is 0. The van der Waals surface area contributed by atoms with Crippen molar-refractivity contribution in [2.75, 3.05) is 0 Å². The van der Waals surface area contributed by atoms with Gasteiger partial charge in [0.1, 0.15) is 11.2 Å². The Kier molecular flexibility index (Phi) is 6.62. The predicted octanol–water partition coefficient (Wildman–Crippen LogP) is 13.3. The van der Waals surface area contributed by atoms with Gasteiger partial charge in [-0.25, -0.2) is 4.98 Å². The van der Waals surface area contributed by atoms with Gasteiger partial charge in [0.15, 0.2) is 11.6 Å². The van der Waals surface area contributed by atoms with Crippen LogP contribution in [0.3, 0.4) is 0 Å². The van der Waals surface area contributed by atoms with Gasteiger partial charge in [-0.05, 0) is 75.0 Å². The van der Waals surface area contributed by atoms with Gasteiger partial charge in [0.25, 0.3) is 0 Å². The van der Waals surface area contributed by atoms with Gasteiger partial charge in [-0.2, -0.15) is 9.97 Å². The van der Waals surface area contributed by atoms with E-state index in [2.05, 4.69) is 152 Å². The lowest BCUT2D eigenvalue weighted by Gasteiger charge is -2.22. The number of hydrogen-bond acceptors (Lipinski definition) is 4. The molecule has 11 aromatic rings. The number of aromatic nitrogens is 4. The first-order valence-corrected chi connectivity index (χ1v) is 19.4. The highest BCUT2D eigenvalue weighted by Gasteiger charge is 2.35. The van der Waals surface area contributed by atoms with Gasteiger partial charge >= 0.3 is 0 Å². The largest absolute Gasteiger partial charge is 0.456 e. The Bertz CT molecular complexity index is 3450. The standard InChI is InChI=1S/C52H34N4O/c1-52(2)43-21-10-8-17-37(43)38-25-23-34(28-44(38)52)36-19-12-20-41-42-27-32-15-6-7-16-33(32)29-45(42)56(48(36)41)51-54-49(31-13-4-3-5-14-31)53-50(55-51)35-24-26-40-39-18-9-11-22-46(39)57-47(40)30-35/h3-30H,1-2H3. The maximum atomic E-state index is 6.34. The molecule has 0 unspecified atom stereocenters. The van der Waals surface area contributed by atoms with Crippen LogP contribution in [-0.2, 0) is 5.41 Å². The lowest BCUT2D eigenvalue weighted by atomic mass is 9.81. The highest BCUT2D eigenvalue weighted by Crippen LogP contribution is 2.50. The molecule has 0 saturated heterocycles. The van der Waals surface area contributed by atoms with Crippen molar-refractivity contribution in [3.05, 3.63) is 181 Å². The molecule has 0 atom stereocenters. The van der Waals surface area contributed by atoms with Crippen LogP contribution in [0, 0.1) is 0 Å². The molecule has 0 bridgehead atoms. The van der Waals surface area contributed by atoms with E-state index in [-0.39, 0.29) is 5.41 Å². The summed E-state index contributed by atoms with van der Waals surface area (Å²) in [4.78, 5) is 15.8. The molecule has 3 heterocycles. The molecule has 0 saturated carbocycles. The Labute approximate surface area is 328 Å². The van der Waals surface area contributed by atoms with Gasteiger partial charge in [0.2, 0.25) is 5.95 Å². The van der Waals surface area contributed by atoms with Gasteiger partial charge < -0.3 is 4.42 Å². The summed E-state index contributed by atoms with van der Waals surface area (Å²) in [5, 5.41) is 6.78. The summed E-state index contributed by atoms with van der Waals surface area (Å²) in [6, 6.07) is 60.2. The van der Waals surface area contributed by atoms with Crippen LogP contribution in [0.5, 0.6) is 0 Å². The van der Waals surface area contributed by atoms with Crippen LogP contribution in [0.25, 0.3) is 105 Å². The summed E-state index contributed by atoms with van der Waals surface area (Å²) >= 11 is 0. The smallest absolute Gasteiger partial charge is 0.238 e. The molecule has 8 aromatic carbocycles. The molecule has 57 heavy (non-hydrogen) atoms. The number of hydrogen-bond donors (Lipinski definition) is 0. The molecular weight excluding hydrogens is 697 g/mol. The molecule has 0 spiro atoms. The van der Waals surface area contributed by atoms with Crippen molar-refractivity contribution < 1.29 is 4.42 Å². The van der Waals surface area contributed by atoms with E-state index < -0.39 is 0 Å². The fourth-order valence-electron chi connectivity index (χ4n) is 9.24. The zero-order chi connectivity index (χ0) is 37.8. The molecule has 12 rings (SSSR count). The monoisotopic (exact) mass is 730 g/mol. The van der Waals surface area contributed by atoms with Crippen molar-refractivity contribution >= 4 is 54.5 Å². The molecule has 0 aliphatic heterocycles. The number of benzene rings is 8.